The molecule has 3 rings (SSSR count). The van der Waals surface area contributed by atoms with Crippen molar-refractivity contribution in [1.29, 1.82) is 0 Å². The third kappa shape index (κ3) is 3.57. The summed E-state index contributed by atoms with van der Waals surface area (Å²) in [5, 5.41) is 24.1. The lowest BCUT2D eigenvalue weighted by Crippen LogP contribution is -2.54. The predicted molar refractivity (Wildman–Crippen MR) is 90.6 cm³/mol. The van der Waals surface area contributed by atoms with Crippen molar-refractivity contribution in [2.24, 2.45) is 5.41 Å². The second kappa shape index (κ2) is 7.33. The normalized spacial score (nSPS) is 24.3. The zero-order chi connectivity index (χ0) is 17.9. The largest absolute Gasteiger partial charge is 0.481 e. The van der Waals surface area contributed by atoms with Gasteiger partial charge in [-0.1, -0.05) is 18.5 Å². The average Bonchev–Trinajstić information content (AvgIpc) is 3.06. The van der Waals surface area contributed by atoms with Crippen molar-refractivity contribution in [2.75, 3.05) is 13.1 Å². The molecule has 0 aliphatic carbocycles. The summed E-state index contributed by atoms with van der Waals surface area (Å²) in [5.41, 5.74) is 0.631. The minimum atomic E-state index is -1.03. The van der Waals surface area contributed by atoms with Crippen molar-refractivity contribution in [3.05, 3.63) is 36.4 Å². The third-order valence-electron chi connectivity index (χ3n) is 4.98. The first-order valence-electron chi connectivity index (χ1n) is 8.55. The Hall–Kier alpha value is -2.25. The SMILES string of the molecule is CCC[C@]1(C(=O)O)CCN(Cc2cc(-c3ccncc3)no2)C[C@@H]1O. The number of hydrogen-bond acceptors (Lipinski definition) is 6. The lowest BCUT2D eigenvalue weighted by atomic mass is 9.73. The molecule has 0 radical (unpaired) electrons. The molecule has 1 saturated heterocycles. The molecule has 0 bridgehead atoms. The number of aromatic nitrogens is 2. The number of carbonyl (C=O) groups is 1. The molecule has 1 fully saturated rings. The Morgan fingerprint density at radius 3 is 2.84 bits per heavy atom. The molecule has 0 spiro atoms. The fraction of sp³-hybridized carbons (Fsp3) is 0.500. The number of likely N-dealkylation sites (tertiary alicyclic amines) is 1. The van der Waals surface area contributed by atoms with Gasteiger partial charge in [-0.25, -0.2) is 0 Å². The molecule has 1 aliphatic rings. The van der Waals surface area contributed by atoms with Crippen molar-refractivity contribution in [1.82, 2.24) is 15.0 Å². The van der Waals surface area contributed by atoms with E-state index in [1.807, 2.05) is 30.0 Å². The minimum absolute atomic E-state index is 0.317. The highest BCUT2D eigenvalue weighted by Gasteiger charge is 2.47. The van der Waals surface area contributed by atoms with E-state index in [1.54, 1.807) is 12.4 Å². The van der Waals surface area contributed by atoms with Crippen LogP contribution in [0.4, 0.5) is 0 Å². The van der Waals surface area contributed by atoms with Gasteiger partial charge in [-0.05, 0) is 31.5 Å². The summed E-state index contributed by atoms with van der Waals surface area (Å²) in [6.45, 7) is 3.36. The zero-order valence-corrected chi connectivity index (χ0v) is 14.3. The number of aliphatic carboxylic acids is 1. The molecule has 2 N–H and O–H groups in total. The number of aliphatic hydroxyl groups is 1. The molecule has 0 amide bonds. The summed E-state index contributed by atoms with van der Waals surface area (Å²) in [7, 11) is 0. The van der Waals surface area contributed by atoms with Gasteiger partial charge in [0.25, 0.3) is 0 Å². The molecular formula is C18H23N3O4. The fourth-order valence-corrected chi connectivity index (χ4v) is 3.54. The molecule has 134 valence electrons. The molecule has 25 heavy (non-hydrogen) atoms. The molecular weight excluding hydrogens is 322 g/mol. The second-order valence-corrected chi connectivity index (χ2v) is 6.63. The van der Waals surface area contributed by atoms with Gasteiger partial charge in [-0.15, -0.1) is 0 Å². The van der Waals surface area contributed by atoms with Crippen LogP contribution < -0.4 is 0 Å². The first kappa shape index (κ1) is 17.6. The number of carboxylic acids is 1. The lowest BCUT2D eigenvalue weighted by Gasteiger charge is -2.42. The molecule has 1 aliphatic heterocycles. The summed E-state index contributed by atoms with van der Waals surface area (Å²) < 4.78 is 5.39. The highest BCUT2D eigenvalue weighted by Crippen LogP contribution is 2.37. The van der Waals surface area contributed by atoms with Gasteiger partial charge < -0.3 is 14.7 Å². The number of rotatable bonds is 6. The predicted octanol–water partition coefficient (Wildman–Crippen LogP) is 2.17. The van der Waals surface area contributed by atoms with E-state index in [2.05, 4.69) is 10.1 Å². The van der Waals surface area contributed by atoms with Crippen molar-refractivity contribution in [3.8, 4) is 11.3 Å². The van der Waals surface area contributed by atoms with Gasteiger partial charge in [-0.2, -0.15) is 0 Å². The molecule has 7 heteroatoms. The molecule has 7 nitrogen and oxygen atoms in total. The Morgan fingerprint density at radius 2 is 2.20 bits per heavy atom. The maximum atomic E-state index is 11.7. The number of hydrogen-bond donors (Lipinski definition) is 2. The number of nitrogens with zero attached hydrogens (tertiary/aromatic N) is 3. The number of pyridine rings is 1. The van der Waals surface area contributed by atoms with Crippen molar-refractivity contribution >= 4 is 5.97 Å². The van der Waals surface area contributed by atoms with Gasteiger partial charge in [0.1, 0.15) is 5.69 Å². The first-order chi connectivity index (χ1) is 12.0. The smallest absolute Gasteiger partial charge is 0.312 e. The van der Waals surface area contributed by atoms with E-state index in [0.29, 0.717) is 38.2 Å². The van der Waals surface area contributed by atoms with Crippen molar-refractivity contribution in [2.45, 2.75) is 38.8 Å². The van der Waals surface area contributed by atoms with Crippen LogP contribution in [0.1, 0.15) is 31.9 Å². The van der Waals surface area contributed by atoms with E-state index in [9.17, 15) is 15.0 Å². The molecule has 0 unspecified atom stereocenters. The monoisotopic (exact) mass is 345 g/mol. The Balaban J connectivity index is 1.66. The zero-order valence-electron chi connectivity index (χ0n) is 14.3. The van der Waals surface area contributed by atoms with Gasteiger partial charge >= 0.3 is 5.97 Å². The van der Waals surface area contributed by atoms with E-state index in [1.165, 1.54) is 0 Å². The molecule has 2 aromatic rings. The van der Waals surface area contributed by atoms with Crippen molar-refractivity contribution < 1.29 is 19.5 Å². The molecule has 0 aromatic carbocycles. The highest BCUT2D eigenvalue weighted by atomic mass is 16.5. The van der Waals surface area contributed by atoms with Gasteiger partial charge in [0.05, 0.1) is 18.1 Å². The van der Waals surface area contributed by atoms with Crippen LogP contribution in [0.2, 0.25) is 0 Å². The van der Waals surface area contributed by atoms with Crippen LogP contribution in [0.3, 0.4) is 0 Å². The number of carboxylic acid groups (broad SMARTS) is 1. The topological polar surface area (TPSA) is 99.7 Å². The fourth-order valence-electron chi connectivity index (χ4n) is 3.54. The van der Waals surface area contributed by atoms with Crippen LogP contribution in [0, 0.1) is 5.41 Å². The van der Waals surface area contributed by atoms with Crippen LogP contribution in [-0.4, -0.2) is 50.4 Å². The highest BCUT2D eigenvalue weighted by molar-refractivity contribution is 5.75. The Morgan fingerprint density at radius 1 is 1.44 bits per heavy atom. The maximum absolute atomic E-state index is 11.7. The average molecular weight is 345 g/mol. The van der Waals surface area contributed by atoms with Crippen LogP contribution in [0.15, 0.2) is 35.1 Å². The number of β-amino-alcohol motifs (C(OH)–C–C–N with tert-alkyl or cyclic N) is 1. The van der Waals surface area contributed by atoms with Crippen LogP contribution in [0.5, 0.6) is 0 Å². The molecule has 0 saturated carbocycles. The van der Waals surface area contributed by atoms with E-state index < -0.39 is 17.5 Å². The Kier molecular flexibility index (Phi) is 5.15. The van der Waals surface area contributed by atoms with E-state index >= 15 is 0 Å². The van der Waals surface area contributed by atoms with Gasteiger partial charge in [0.15, 0.2) is 5.76 Å². The van der Waals surface area contributed by atoms with E-state index in [4.69, 9.17) is 4.52 Å². The molecule has 2 atom stereocenters. The number of aliphatic hydroxyl groups excluding tert-OH is 1. The first-order valence-corrected chi connectivity index (χ1v) is 8.55. The molecule has 3 heterocycles. The molecule has 2 aromatic heterocycles. The van der Waals surface area contributed by atoms with Crippen LogP contribution in [0.25, 0.3) is 11.3 Å². The maximum Gasteiger partial charge on any atom is 0.312 e. The quantitative estimate of drug-likeness (QED) is 0.827. The van der Waals surface area contributed by atoms with Crippen molar-refractivity contribution in [3.63, 3.8) is 0 Å². The summed E-state index contributed by atoms with van der Waals surface area (Å²) in [5.74, 6) is -0.210. The Labute approximate surface area is 146 Å². The minimum Gasteiger partial charge on any atom is -0.481 e. The van der Waals surface area contributed by atoms with E-state index in [0.717, 1.165) is 17.7 Å². The third-order valence-corrected chi connectivity index (χ3v) is 4.98. The Bertz CT molecular complexity index is 718. The summed E-state index contributed by atoms with van der Waals surface area (Å²) in [4.78, 5) is 17.7. The lowest BCUT2D eigenvalue weighted by molar-refractivity contribution is -0.164. The second-order valence-electron chi connectivity index (χ2n) is 6.63. The van der Waals surface area contributed by atoms with Gasteiger partial charge in [-0.3, -0.25) is 14.7 Å². The summed E-state index contributed by atoms with van der Waals surface area (Å²) in [6.07, 6.45) is 4.17. The standard InChI is InChI=1S/C18H23N3O4/c1-2-5-18(17(23)24)6-9-21(12-16(18)22)11-14-10-15(20-25-14)13-3-7-19-8-4-13/h3-4,7-8,10,16,22H,2,5-6,9,11-12H2,1H3,(H,23,24)/t16-,18-/m0/s1. The van der Waals surface area contributed by atoms with Gasteiger partial charge in [0.2, 0.25) is 0 Å². The summed E-state index contributed by atoms with van der Waals surface area (Å²) >= 11 is 0. The van der Waals surface area contributed by atoms with Crippen LogP contribution in [-0.2, 0) is 11.3 Å². The summed E-state index contributed by atoms with van der Waals surface area (Å²) in [6, 6.07) is 5.59. The number of piperidine rings is 1. The van der Waals surface area contributed by atoms with Crippen LogP contribution >= 0.6 is 0 Å². The van der Waals surface area contributed by atoms with Gasteiger partial charge in [0, 0.05) is 30.6 Å². The van der Waals surface area contributed by atoms with E-state index in [-0.39, 0.29) is 0 Å².